The fourth-order valence-corrected chi connectivity index (χ4v) is 3.38. The number of nitrogens with one attached hydrogen (secondary N) is 1. The van der Waals surface area contributed by atoms with Crippen molar-refractivity contribution in [1.29, 1.82) is 0 Å². The Bertz CT molecular complexity index is 682. The van der Waals surface area contributed by atoms with Crippen molar-refractivity contribution in [1.82, 2.24) is 4.90 Å². The van der Waals surface area contributed by atoms with Gasteiger partial charge in [-0.05, 0) is 36.9 Å². The fourth-order valence-electron chi connectivity index (χ4n) is 3.14. The molecule has 0 amide bonds. The molecule has 0 aromatic heterocycles. The molecule has 2 aromatic rings. The highest BCUT2D eigenvalue weighted by molar-refractivity contribution is 6.31. The van der Waals surface area contributed by atoms with Crippen LogP contribution in [0.2, 0.25) is 5.02 Å². The topological polar surface area (TPSA) is 27.7 Å². The van der Waals surface area contributed by atoms with Gasteiger partial charge in [0.15, 0.2) is 0 Å². The predicted molar refractivity (Wildman–Crippen MR) is 106 cm³/mol. The summed E-state index contributed by atoms with van der Waals surface area (Å²) >= 11 is 6.52. The molecule has 1 aliphatic rings. The minimum absolute atomic E-state index is 0.637. The monoisotopic (exact) mass is 359 g/mol. The highest BCUT2D eigenvalue weighted by atomic mass is 35.5. The molecule has 2 aromatic carbocycles. The smallest absolute Gasteiger partial charge is 0.0713 e. The molecule has 1 saturated heterocycles. The Balaban J connectivity index is 1.71. The Kier molecular flexibility index (Phi) is 6.19. The zero-order valence-electron chi connectivity index (χ0n) is 15.0. The summed E-state index contributed by atoms with van der Waals surface area (Å²) in [4.78, 5) is 4.80. The van der Waals surface area contributed by atoms with E-state index in [0.717, 1.165) is 42.5 Å². The van der Waals surface area contributed by atoms with Crippen molar-refractivity contribution in [3.8, 4) is 0 Å². The van der Waals surface area contributed by atoms with Crippen molar-refractivity contribution in [2.24, 2.45) is 0 Å². The third-order valence-corrected chi connectivity index (χ3v) is 5.03. The second kappa shape index (κ2) is 8.56. The molecule has 1 fully saturated rings. The van der Waals surface area contributed by atoms with Crippen molar-refractivity contribution >= 4 is 23.0 Å². The van der Waals surface area contributed by atoms with E-state index >= 15 is 0 Å². The molecule has 4 nitrogen and oxygen atoms in total. The van der Waals surface area contributed by atoms with E-state index in [-0.39, 0.29) is 0 Å². The van der Waals surface area contributed by atoms with Crippen LogP contribution in [0.15, 0.2) is 42.5 Å². The molecular formula is C20H26ClN3O. The first kappa shape index (κ1) is 18.1. The number of nitrogens with zero attached hydrogens (tertiary/aromatic N) is 2. The standard InChI is InChI=1S/C20H26ClN3O/c1-23-10-12-24(13-11-23)20-5-3-4-19(21)18(20)14-22-17-8-6-16(7-9-17)15-25-2/h3-9,22H,10-15H2,1-2H3. The minimum Gasteiger partial charge on any atom is -0.381 e. The molecule has 134 valence electrons. The van der Waals surface area contributed by atoms with Crippen molar-refractivity contribution in [2.45, 2.75) is 13.2 Å². The van der Waals surface area contributed by atoms with Gasteiger partial charge in [0, 0.05) is 61.8 Å². The van der Waals surface area contributed by atoms with Crippen LogP contribution in [0.5, 0.6) is 0 Å². The zero-order valence-corrected chi connectivity index (χ0v) is 15.7. The zero-order chi connectivity index (χ0) is 17.6. The predicted octanol–water partition coefficient (Wildman–Crippen LogP) is 3.85. The minimum atomic E-state index is 0.637. The van der Waals surface area contributed by atoms with E-state index in [9.17, 15) is 0 Å². The van der Waals surface area contributed by atoms with Gasteiger partial charge in [-0.1, -0.05) is 29.8 Å². The normalized spacial score (nSPS) is 15.4. The quantitative estimate of drug-likeness (QED) is 0.847. The Labute approximate surface area is 155 Å². The molecule has 25 heavy (non-hydrogen) atoms. The van der Waals surface area contributed by atoms with Gasteiger partial charge in [0.05, 0.1) is 6.61 Å². The lowest BCUT2D eigenvalue weighted by molar-refractivity contribution is 0.185. The van der Waals surface area contributed by atoms with Gasteiger partial charge in [-0.2, -0.15) is 0 Å². The SMILES string of the molecule is COCc1ccc(NCc2c(Cl)cccc2N2CCN(C)CC2)cc1. The van der Waals surface area contributed by atoms with Crippen LogP contribution < -0.4 is 10.2 Å². The Morgan fingerprint density at radius 3 is 2.44 bits per heavy atom. The number of piperazine rings is 1. The first-order valence-electron chi connectivity index (χ1n) is 8.70. The molecule has 0 saturated carbocycles. The van der Waals surface area contributed by atoms with E-state index in [2.05, 4.69) is 52.5 Å². The molecule has 1 N–H and O–H groups in total. The van der Waals surface area contributed by atoms with Crippen LogP contribution in [0.3, 0.4) is 0 Å². The molecule has 5 heteroatoms. The molecule has 0 aliphatic carbocycles. The maximum Gasteiger partial charge on any atom is 0.0713 e. The molecule has 3 rings (SSSR count). The highest BCUT2D eigenvalue weighted by Gasteiger charge is 2.18. The maximum atomic E-state index is 6.52. The number of benzene rings is 2. The molecule has 0 bridgehead atoms. The van der Waals surface area contributed by atoms with Crippen molar-refractivity contribution < 1.29 is 4.74 Å². The molecular weight excluding hydrogens is 334 g/mol. The van der Waals surface area contributed by atoms with Gasteiger partial charge in [0.2, 0.25) is 0 Å². The highest BCUT2D eigenvalue weighted by Crippen LogP contribution is 2.29. The van der Waals surface area contributed by atoms with E-state index in [0.29, 0.717) is 13.2 Å². The lowest BCUT2D eigenvalue weighted by atomic mass is 10.1. The van der Waals surface area contributed by atoms with E-state index < -0.39 is 0 Å². The van der Waals surface area contributed by atoms with Crippen molar-refractivity contribution in [2.75, 3.05) is 50.6 Å². The fraction of sp³-hybridized carbons (Fsp3) is 0.400. The molecule has 0 atom stereocenters. The Hall–Kier alpha value is -1.75. The summed E-state index contributed by atoms with van der Waals surface area (Å²) < 4.78 is 5.16. The number of rotatable bonds is 6. The number of hydrogen-bond acceptors (Lipinski definition) is 4. The number of halogens is 1. The second-order valence-corrected chi connectivity index (χ2v) is 6.92. The van der Waals surface area contributed by atoms with Crippen molar-refractivity contribution in [3.05, 3.63) is 58.6 Å². The van der Waals surface area contributed by atoms with E-state index in [4.69, 9.17) is 16.3 Å². The van der Waals surface area contributed by atoms with Gasteiger partial charge >= 0.3 is 0 Å². The largest absolute Gasteiger partial charge is 0.381 e. The first-order chi connectivity index (χ1) is 12.2. The molecule has 1 aliphatic heterocycles. The van der Waals surface area contributed by atoms with E-state index in [1.54, 1.807) is 7.11 Å². The summed E-state index contributed by atoms with van der Waals surface area (Å²) in [6, 6.07) is 14.5. The van der Waals surface area contributed by atoms with Gasteiger partial charge in [-0.15, -0.1) is 0 Å². The van der Waals surface area contributed by atoms with Crippen LogP contribution in [-0.2, 0) is 17.9 Å². The lowest BCUT2D eigenvalue weighted by Crippen LogP contribution is -2.44. The maximum absolute atomic E-state index is 6.52. The summed E-state index contributed by atoms with van der Waals surface area (Å²) in [7, 11) is 3.88. The first-order valence-corrected chi connectivity index (χ1v) is 9.08. The Morgan fingerprint density at radius 2 is 1.76 bits per heavy atom. The summed E-state index contributed by atoms with van der Waals surface area (Å²) in [5, 5.41) is 4.32. The number of anilines is 2. The second-order valence-electron chi connectivity index (χ2n) is 6.51. The van der Waals surface area contributed by atoms with Gasteiger partial charge in [-0.25, -0.2) is 0 Å². The van der Waals surface area contributed by atoms with E-state index in [1.165, 1.54) is 11.3 Å². The average molecular weight is 360 g/mol. The number of methoxy groups -OCH3 is 1. The third kappa shape index (κ3) is 4.66. The van der Waals surface area contributed by atoms with Crippen LogP contribution in [0.1, 0.15) is 11.1 Å². The molecule has 1 heterocycles. The van der Waals surface area contributed by atoms with E-state index in [1.807, 2.05) is 12.1 Å². The van der Waals surface area contributed by atoms with Gasteiger partial charge < -0.3 is 19.9 Å². The van der Waals surface area contributed by atoms with Gasteiger partial charge in [-0.3, -0.25) is 0 Å². The van der Waals surface area contributed by atoms with Gasteiger partial charge in [0.1, 0.15) is 0 Å². The summed E-state index contributed by atoms with van der Waals surface area (Å²) in [5.74, 6) is 0. The summed E-state index contributed by atoms with van der Waals surface area (Å²) in [6.07, 6.45) is 0. The van der Waals surface area contributed by atoms with Crippen LogP contribution in [0, 0.1) is 0 Å². The van der Waals surface area contributed by atoms with Crippen LogP contribution in [0.4, 0.5) is 11.4 Å². The number of likely N-dealkylation sites (N-methyl/N-ethyl adjacent to an activating group) is 1. The molecule has 0 radical (unpaired) electrons. The van der Waals surface area contributed by atoms with Gasteiger partial charge in [0.25, 0.3) is 0 Å². The summed E-state index contributed by atoms with van der Waals surface area (Å²) in [6.45, 7) is 5.59. The summed E-state index contributed by atoms with van der Waals surface area (Å²) in [5.41, 5.74) is 4.66. The van der Waals surface area contributed by atoms with Crippen LogP contribution >= 0.6 is 11.6 Å². The Morgan fingerprint density at radius 1 is 1.04 bits per heavy atom. The number of hydrogen-bond donors (Lipinski definition) is 1. The average Bonchev–Trinajstić information content (AvgIpc) is 2.63. The number of ether oxygens (including phenoxy) is 1. The lowest BCUT2D eigenvalue weighted by Gasteiger charge is -2.35. The third-order valence-electron chi connectivity index (χ3n) is 4.67. The van der Waals surface area contributed by atoms with Crippen LogP contribution in [0.25, 0.3) is 0 Å². The molecule has 0 unspecified atom stereocenters. The molecule has 0 spiro atoms. The van der Waals surface area contributed by atoms with Crippen LogP contribution in [-0.4, -0.2) is 45.2 Å². The van der Waals surface area contributed by atoms with Crippen molar-refractivity contribution in [3.63, 3.8) is 0 Å².